The maximum absolute atomic E-state index is 14.3. The molecule has 1 aromatic heterocycles. The summed E-state index contributed by atoms with van der Waals surface area (Å²) in [4.78, 5) is 30.9. The number of amides is 2. The van der Waals surface area contributed by atoms with Gasteiger partial charge in [0.1, 0.15) is 5.82 Å². The quantitative estimate of drug-likeness (QED) is 0.592. The summed E-state index contributed by atoms with van der Waals surface area (Å²) in [5.41, 5.74) is 1.83. The van der Waals surface area contributed by atoms with E-state index in [2.05, 4.69) is 34.4 Å². The normalized spacial score (nSPS) is 11.1. The molecule has 0 saturated carbocycles. The molecule has 0 aliphatic heterocycles. The lowest BCUT2D eigenvalue weighted by molar-refractivity contribution is -0.114. The number of nitrogens with zero attached hydrogens (tertiary/aromatic N) is 3. The summed E-state index contributed by atoms with van der Waals surface area (Å²) in [6, 6.07) is 11.5. The van der Waals surface area contributed by atoms with Crippen molar-refractivity contribution in [2.75, 3.05) is 30.3 Å². The van der Waals surface area contributed by atoms with E-state index in [1.807, 2.05) is 28.8 Å². The fourth-order valence-electron chi connectivity index (χ4n) is 3.33. The van der Waals surface area contributed by atoms with Gasteiger partial charge in [-0.05, 0) is 43.4 Å². The molecule has 158 valence electrons. The monoisotopic (exact) mass is 411 g/mol. The largest absolute Gasteiger partial charge is 0.326 e. The molecule has 7 nitrogen and oxygen atoms in total. The van der Waals surface area contributed by atoms with Gasteiger partial charge in [0.25, 0.3) is 5.91 Å². The van der Waals surface area contributed by atoms with Crippen LogP contribution >= 0.6 is 0 Å². The third kappa shape index (κ3) is 4.83. The van der Waals surface area contributed by atoms with E-state index in [1.165, 1.54) is 19.1 Å². The van der Waals surface area contributed by atoms with Gasteiger partial charge in [0.15, 0.2) is 0 Å². The van der Waals surface area contributed by atoms with Gasteiger partial charge in [0, 0.05) is 25.7 Å². The summed E-state index contributed by atoms with van der Waals surface area (Å²) in [6.07, 6.45) is 0. The highest BCUT2D eigenvalue weighted by atomic mass is 19.1. The SMILES string of the molecule is CCN(CC)CCn1c(NC(=O)c2cc(NC(C)=O)ccc2F)nc2ccccc21. The number of hydrogen-bond acceptors (Lipinski definition) is 4. The Labute approximate surface area is 174 Å². The van der Waals surface area contributed by atoms with E-state index in [0.29, 0.717) is 18.2 Å². The Hall–Kier alpha value is -3.26. The summed E-state index contributed by atoms with van der Waals surface area (Å²) in [6.45, 7) is 8.82. The molecule has 0 spiro atoms. The molecule has 1 heterocycles. The Bertz CT molecular complexity index is 1060. The van der Waals surface area contributed by atoms with Gasteiger partial charge >= 0.3 is 0 Å². The topological polar surface area (TPSA) is 79.3 Å². The smallest absolute Gasteiger partial charge is 0.261 e. The zero-order valence-electron chi connectivity index (χ0n) is 17.4. The highest BCUT2D eigenvalue weighted by Crippen LogP contribution is 2.22. The Morgan fingerprint density at radius 3 is 2.53 bits per heavy atom. The fraction of sp³-hybridized carbons (Fsp3) is 0.318. The molecule has 0 aliphatic rings. The molecule has 0 unspecified atom stereocenters. The number of para-hydroxylation sites is 2. The summed E-state index contributed by atoms with van der Waals surface area (Å²) < 4.78 is 16.2. The average molecular weight is 411 g/mol. The van der Waals surface area contributed by atoms with Gasteiger partial charge in [-0.15, -0.1) is 0 Å². The highest BCUT2D eigenvalue weighted by Gasteiger charge is 2.18. The van der Waals surface area contributed by atoms with Gasteiger partial charge in [-0.2, -0.15) is 0 Å². The Balaban J connectivity index is 1.90. The average Bonchev–Trinajstić information content (AvgIpc) is 3.07. The molecular formula is C22H26FN5O2. The van der Waals surface area contributed by atoms with Crippen molar-refractivity contribution in [2.45, 2.75) is 27.3 Å². The first-order valence-corrected chi connectivity index (χ1v) is 9.99. The van der Waals surface area contributed by atoms with E-state index in [0.717, 1.165) is 36.7 Å². The van der Waals surface area contributed by atoms with Crippen LogP contribution in [0.1, 0.15) is 31.1 Å². The Kier molecular flexibility index (Phi) is 6.79. The lowest BCUT2D eigenvalue weighted by Gasteiger charge is -2.19. The van der Waals surface area contributed by atoms with Gasteiger partial charge in [0.05, 0.1) is 16.6 Å². The second kappa shape index (κ2) is 9.49. The number of carbonyl (C=O) groups is 2. The molecule has 30 heavy (non-hydrogen) atoms. The molecule has 2 amide bonds. The predicted octanol–water partition coefficient (Wildman–Crippen LogP) is 3.73. The Morgan fingerprint density at radius 1 is 1.10 bits per heavy atom. The van der Waals surface area contributed by atoms with Gasteiger partial charge in [-0.25, -0.2) is 9.37 Å². The second-order valence-corrected chi connectivity index (χ2v) is 6.93. The lowest BCUT2D eigenvalue weighted by atomic mass is 10.1. The van der Waals surface area contributed by atoms with Gasteiger partial charge in [-0.3, -0.25) is 14.9 Å². The first kappa shape index (κ1) is 21.4. The van der Waals surface area contributed by atoms with Gasteiger partial charge < -0.3 is 14.8 Å². The summed E-state index contributed by atoms with van der Waals surface area (Å²) in [7, 11) is 0. The molecule has 0 bridgehead atoms. The van der Waals surface area contributed by atoms with Crippen molar-refractivity contribution < 1.29 is 14.0 Å². The first-order chi connectivity index (χ1) is 14.4. The first-order valence-electron chi connectivity index (χ1n) is 9.99. The van der Waals surface area contributed by atoms with Crippen LogP contribution in [0.3, 0.4) is 0 Å². The number of halogens is 1. The van der Waals surface area contributed by atoms with E-state index < -0.39 is 11.7 Å². The number of nitrogens with one attached hydrogen (secondary N) is 2. The van der Waals surface area contributed by atoms with Crippen molar-refractivity contribution in [3.05, 3.63) is 53.8 Å². The van der Waals surface area contributed by atoms with Crippen molar-refractivity contribution in [1.82, 2.24) is 14.5 Å². The zero-order chi connectivity index (χ0) is 21.7. The number of carbonyl (C=O) groups excluding carboxylic acids is 2. The number of imidazole rings is 1. The molecule has 2 N–H and O–H groups in total. The molecule has 8 heteroatoms. The minimum atomic E-state index is -0.674. The molecule has 0 fully saturated rings. The predicted molar refractivity (Wildman–Crippen MR) is 116 cm³/mol. The maximum Gasteiger partial charge on any atom is 0.261 e. The molecule has 3 aromatic rings. The molecule has 0 atom stereocenters. The van der Waals surface area contributed by atoms with Crippen LogP contribution in [-0.4, -0.2) is 45.9 Å². The van der Waals surface area contributed by atoms with E-state index in [-0.39, 0.29) is 11.5 Å². The second-order valence-electron chi connectivity index (χ2n) is 6.93. The van der Waals surface area contributed by atoms with Crippen molar-refractivity contribution in [1.29, 1.82) is 0 Å². The highest BCUT2D eigenvalue weighted by molar-refractivity contribution is 6.05. The van der Waals surface area contributed by atoms with Crippen LogP contribution in [0.5, 0.6) is 0 Å². The lowest BCUT2D eigenvalue weighted by Crippen LogP contribution is -2.28. The van der Waals surface area contributed by atoms with Gasteiger partial charge in [-0.1, -0.05) is 26.0 Å². The van der Waals surface area contributed by atoms with Crippen LogP contribution in [0.25, 0.3) is 11.0 Å². The minimum Gasteiger partial charge on any atom is -0.326 e. The summed E-state index contributed by atoms with van der Waals surface area (Å²) in [5.74, 6) is -1.24. The number of rotatable bonds is 8. The van der Waals surface area contributed by atoms with Crippen LogP contribution in [-0.2, 0) is 11.3 Å². The van der Waals surface area contributed by atoms with Crippen LogP contribution in [0, 0.1) is 5.82 Å². The van der Waals surface area contributed by atoms with Gasteiger partial charge in [0.2, 0.25) is 11.9 Å². The summed E-state index contributed by atoms with van der Waals surface area (Å²) in [5, 5.41) is 5.30. The number of fused-ring (bicyclic) bond motifs is 1. The summed E-state index contributed by atoms with van der Waals surface area (Å²) >= 11 is 0. The number of likely N-dealkylation sites (N-methyl/N-ethyl adjacent to an activating group) is 1. The number of benzene rings is 2. The van der Waals surface area contributed by atoms with E-state index >= 15 is 0 Å². The van der Waals surface area contributed by atoms with Crippen LogP contribution in [0.2, 0.25) is 0 Å². The van der Waals surface area contributed by atoms with Crippen molar-refractivity contribution in [3.8, 4) is 0 Å². The number of aromatic nitrogens is 2. The third-order valence-electron chi connectivity index (χ3n) is 4.95. The number of anilines is 2. The van der Waals surface area contributed by atoms with Crippen molar-refractivity contribution >= 4 is 34.5 Å². The molecule has 2 aromatic carbocycles. The van der Waals surface area contributed by atoms with Crippen LogP contribution in [0.15, 0.2) is 42.5 Å². The molecule has 0 aliphatic carbocycles. The van der Waals surface area contributed by atoms with Crippen LogP contribution in [0.4, 0.5) is 16.0 Å². The van der Waals surface area contributed by atoms with E-state index in [1.54, 1.807) is 0 Å². The van der Waals surface area contributed by atoms with Crippen molar-refractivity contribution in [3.63, 3.8) is 0 Å². The standard InChI is InChI=1S/C22H26FN5O2/c1-4-27(5-2)12-13-28-20-9-7-6-8-19(20)25-22(28)26-21(30)17-14-16(24-15(3)29)10-11-18(17)23/h6-11,14H,4-5,12-13H2,1-3H3,(H,24,29)(H,25,26,30). The fourth-order valence-corrected chi connectivity index (χ4v) is 3.33. The van der Waals surface area contributed by atoms with E-state index in [9.17, 15) is 14.0 Å². The minimum absolute atomic E-state index is 0.163. The van der Waals surface area contributed by atoms with Crippen molar-refractivity contribution in [2.24, 2.45) is 0 Å². The third-order valence-corrected chi connectivity index (χ3v) is 4.95. The number of hydrogen-bond donors (Lipinski definition) is 2. The molecule has 3 rings (SSSR count). The van der Waals surface area contributed by atoms with E-state index in [4.69, 9.17) is 0 Å². The Morgan fingerprint density at radius 2 is 1.83 bits per heavy atom. The molecule has 0 saturated heterocycles. The van der Waals surface area contributed by atoms with Crippen LogP contribution < -0.4 is 10.6 Å². The molecular weight excluding hydrogens is 385 g/mol. The zero-order valence-corrected chi connectivity index (χ0v) is 17.4. The maximum atomic E-state index is 14.3. The molecule has 0 radical (unpaired) electrons.